The zero-order valence-electron chi connectivity index (χ0n) is 12.0. The maximum atomic E-state index is 12.4. The molecule has 2 aromatic carbocycles. The Labute approximate surface area is 128 Å². The summed E-state index contributed by atoms with van der Waals surface area (Å²) >= 11 is 0. The number of sulfonamides is 1. The van der Waals surface area contributed by atoms with E-state index in [1.165, 1.54) is 25.3 Å². The average Bonchev–Trinajstić information content (AvgIpc) is 2.47. The molecule has 0 bridgehead atoms. The molecule has 0 aliphatic heterocycles. The van der Waals surface area contributed by atoms with Crippen molar-refractivity contribution in [1.29, 1.82) is 0 Å². The van der Waals surface area contributed by atoms with Crippen LogP contribution >= 0.6 is 0 Å². The van der Waals surface area contributed by atoms with E-state index in [4.69, 9.17) is 4.74 Å². The Bertz CT molecular complexity index is 814. The van der Waals surface area contributed by atoms with Crippen LogP contribution in [0.15, 0.2) is 47.4 Å². The van der Waals surface area contributed by atoms with Gasteiger partial charge in [0.1, 0.15) is 5.75 Å². The highest BCUT2D eigenvalue weighted by Crippen LogP contribution is 2.27. The fourth-order valence-electron chi connectivity index (χ4n) is 1.90. The second kappa shape index (κ2) is 6.07. The summed E-state index contributed by atoms with van der Waals surface area (Å²) in [6.45, 7) is 1.81. The first-order chi connectivity index (χ1) is 10.3. The fourth-order valence-corrected chi connectivity index (χ4v) is 3.00. The number of benzene rings is 2. The second-order valence-electron chi connectivity index (χ2n) is 4.62. The van der Waals surface area contributed by atoms with E-state index in [1.54, 1.807) is 18.2 Å². The van der Waals surface area contributed by atoms with Gasteiger partial charge in [-0.1, -0.05) is 18.2 Å². The van der Waals surface area contributed by atoms with Gasteiger partial charge in [-0.3, -0.25) is 4.72 Å². The van der Waals surface area contributed by atoms with Crippen molar-refractivity contribution in [2.45, 2.75) is 11.8 Å². The van der Waals surface area contributed by atoms with E-state index in [-0.39, 0.29) is 16.1 Å². The Hall–Kier alpha value is -2.54. The fraction of sp³-hybridized carbons (Fsp3) is 0.133. The Morgan fingerprint density at radius 2 is 1.91 bits per heavy atom. The second-order valence-corrected chi connectivity index (χ2v) is 6.31. The van der Waals surface area contributed by atoms with Crippen LogP contribution in [-0.2, 0) is 10.0 Å². The summed E-state index contributed by atoms with van der Waals surface area (Å²) in [5.74, 6) is -1.07. The standard InChI is InChI=1S/C15H15NO5S/c1-10-6-7-14(21-2)13(8-10)16-22(19,20)12-5-3-4-11(9-12)15(17)18/h3-9,16H,1-2H3,(H,17,18)/p-1. The molecule has 0 saturated heterocycles. The highest BCUT2D eigenvalue weighted by Gasteiger charge is 2.17. The van der Waals surface area contributed by atoms with Gasteiger partial charge in [0.25, 0.3) is 10.0 Å². The van der Waals surface area contributed by atoms with Crippen LogP contribution in [0.25, 0.3) is 0 Å². The Morgan fingerprint density at radius 1 is 1.18 bits per heavy atom. The molecule has 0 aliphatic rings. The van der Waals surface area contributed by atoms with Gasteiger partial charge in [-0.05, 0) is 42.3 Å². The summed E-state index contributed by atoms with van der Waals surface area (Å²) in [5, 5.41) is 10.8. The number of nitrogens with one attached hydrogen (secondary N) is 1. The molecule has 2 aromatic rings. The third kappa shape index (κ3) is 3.37. The average molecular weight is 320 g/mol. The molecule has 0 fully saturated rings. The molecule has 1 N–H and O–H groups in total. The molecular formula is C15H14NO5S-. The number of methoxy groups -OCH3 is 1. The van der Waals surface area contributed by atoms with Crippen LogP contribution in [-0.4, -0.2) is 21.5 Å². The quantitative estimate of drug-likeness (QED) is 0.892. The van der Waals surface area contributed by atoms with Crippen molar-refractivity contribution >= 4 is 21.7 Å². The lowest BCUT2D eigenvalue weighted by molar-refractivity contribution is -0.255. The van der Waals surface area contributed by atoms with Crippen LogP contribution in [0, 0.1) is 6.92 Å². The van der Waals surface area contributed by atoms with Gasteiger partial charge in [-0.15, -0.1) is 0 Å². The number of hydrogen-bond donors (Lipinski definition) is 1. The van der Waals surface area contributed by atoms with E-state index in [1.807, 2.05) is 6.92 Å². The van der Waals surface area contributed by atoms with Crippen molar-refractivity contribution in [2.75, 3.05) is 11.8 Å². The molecule has 0 unspecified atom stereocenters. The number of carboxylic acids is 1. The topological polar surface area (TPSA) is 95.5 Å². The van der Waals surface area contributed by atoms with Crippen LogP contribution in [0.3, 0.4) is 0 Å². The van der Waals surface area contributed by atoms with Crippen molar-refractivity contribution in [3.63, 3.8) is 0 Å². The predicted molar refractivity (Wildman–Crippen MR) is 79.3 cm³/mol. The lowest BCUT2D eigenvalue weighted by Gasteiger charge is -2.13. The summed E-state index contributed by atoms with van der Waals surface area (Å²) in [6, 6.07) is 10.0. The summed E-state index contributed by atoms with van der Waals surface area (Å²) < 4.78 is 32.3. The molecule has 0 atom stereocenters. The van der Waals surface area contributed by atoms with Gasteiger partial charge in [-0.2, -0.15) is 0 Å². The third-order valence-electron chi connectivity index (χ3n) is 2.98. The normalized spacial score (nSPS) is 11.0. The Kier molecular flexibility index (Phi) is 4.37. The number of carboxylic acid groups (broad SMARTS) is 1. The van der Waals surface area contributed by atoms with Crippen molar-refractivity contribution in [1.82, 2.24) is 0 Å². The van der Waals surface area contributed by atoms with Crippen molar-refractivity contribution in [3.05, 3.63) is 53.6 Å². The first kappa shape index (κ1) is 15.8. The summed E-state index contributed by atoms with van der Waals surface area (Å²) in [7, 11) is -2.51. The van der Waals surface area contributed by atoms with Gasteiger partial charge in [0.15, 0.2) is 0 Å². The first-order valence-electron chi connectivity index (χ1n) is 6.32. The lowest BCUT2D eigenvalue weighted by atomic mass is 10.2. The molecule has 0 spiro atoms. The molecule has 116 valence electrons. The monoisotopic (exact) mass is 320 g/mol. The molecule has 0 amide bonds. The summed E-state index contributed by atoms with van der Waals surface area (Å²) in [4.78, 5) is 10.7. The zero-order chi connectivity index (χ0) is 16.3. The van der Waals surface area contributed by atoms with Crippen LogP contribution in [0.1, 0.15) is 15.9 Å². The van der Waals surface area contributed by atoms with E-state index in [2.05, 4.69) is 4.72 Å². The minimum absolute atomic E-state index is 0.169. The Morgan fingerprint density at radius 3 is 2.55 bits per heavy atom. The van der Waals surface area contributed by atoms with Crippen LogP contribution < -0.4 is 14.6 Å². The van der Waals surface area contributed by atoms with E-state index in [0.717, 1.165) is 11.6 Å². The zero-order valence-corrected chi connectivity index (χ0v) is 12.8. The molecule has 6 nitrogen and oxygen atoms in total. The smallest absolute Gasteiger partial charge is 0.262 e. The maximum Gasteiger partial charge on any atom is 0.262 e. The number of rotatable bonds is 5. The van der Waals surface area contributed by atoms with E-state index < -0.39 is 16.0 Å². The minimum atomic E-state index is -3.94. The first-order valence-corrected chi connectivity index (χ1v) is 7.80. The SMILES string of the molecule is COc1ccc(C)cc1NS(=O)(=O)c1cccc(C(=O)[O-])c1. The molecule has 0 aliphatic carbocycles. The number of aromatic carboxylic acids is 1. The van der Waals surface area contributed by atoms with Gasteiger partial charge >= 0.3 is 0 Å². The molecule has 0 radical (unpaired) electrons. The third-order valence-corrected chi connectivity index (χ3v) is 4.34. The highest BCUT2D eigenvalue weighted by atomic mass is 32.2. The van der Waals surface area contributed by atoms with Crippen LogP contribution in [0.4, 0.5) is 5.69 Å². The molecule has 0 saturated carbocycles. The summed E-state index contributed by atoms with van der Waals surface area (Å²) in [5.41, 5.74) is 0.919. The molecule has 7 heteroatoms. The van der Waals surface area contributed by atoms with Crippen LogP contribution in [0.2, 0.25) is 0 Å². The lowest BCUT2D eigenvalue weighted by Crippen LogP contribution is -2.23. The Balaban J connectivity index is 2.42. The number of aryl methyl sites for hydroxylation is 1. The van der Waals surface area contributed by atoms with E-state index in [0.29, 0.717) is 5.75 Å². The minimum Gasteiger partial charge on any atom is -0.545 e. The number of ether oxygens (including phenoxy) is 1. The van der Waals surface area contributed by atoms with Crippen molar-refractivity contribution in [2.24, 2.45) is 0 Å². The van der Waals surface area contributed by atoms with Crippen molar-refractivity contribution in [3.8, 4) is 5.75 Å². The van der Waals surface area contributed by atoms with Gasteiger partial charge in [0, 0.05) is 0 Å². The maximum absolute atomic E-state index is 12.4. The number of anilines is 1. The van der Waals surface area contributed by atoms with Gasteiger partial charge in [0.2, 0.25) is 0 Å². The van der Waals surface area contributed by atoms with Gasteiger partial charge in [-0.25, -0.2) is 8.42 Å². The van der Waals surface area contributed by atoms with Gasteiger partial charge in [0.05, 0.1) is 23.7 Å². The molecule has 0 aromatic heterocycles. The van der Waals surface area contributed by atoms with E-state index >= 15 is 0 Å². The van der Waals surface area contributed by atoms with Gasteiger partial charge < -0.3 is 14.6 Å². The number of carbonyl (C=O) groups is 1. The summed E-state index contributed by atoms with van der Waals surface area (Å²) in [6.07, 6.45) is 0. The number of carbonyl (C=O) groups excluding carboxylic acids is 1. The molecule has 22 heavy (non-hydrogen) atoms. The molecular weight excluding hydrogens is 306 g/mol. The van der Waals surface area contributed by atoms with Crippen LogP contribution in [0.5, 0.6) is 5.75 Å². The van der Waals surface area contributed by atoms with E-state index in [9.17, 15) is 18.3 Å². The largest absolute Gasteiger partial charge is 0.545 e. The van der Waals surface area contributed by atoms with Crippen molar-refractivity contribution < 1.29 is 23.1 Å². The molecule has 0 heterocycles. The predicted octanol–water partition coefficient (Wildman–Crippen LogP) is 1.17. The highest BCUT2D eigenvalue weighted by molar-refractivity contribution is 7.92. The molecule has 2 rings (SSSR count). The number of hydrogen-bond acceptors (Lipinski definition) is 5.